The summed E-state index contributed by atoms with van der Waals surface area (Å²) >= 11 is 7.84. The van der Waals surface area contributed by atoms with Crippen molar-refractivity contribution < 1.29 is 4.79 Å². The van der Waals surface area contributed by atoms with Crippen LogP contribution in [0, 0.1) is 13.8 Å². The number of Topliss-reactive ketones (excluding diaryl/α,β-unsaturated/α-hetero) is 1. The zero-order chi connectivity index (χ0) is 23.7. The lowest BCUT2D eigenvalue weighted by molar-refractivity contribution is 0.102. The molecule has 0 atom stereocenters. The fourth-order valence-corrected chi connectivity index (χ4v) is 5.37. The van der Waals surface area contributed by atoms with Crippen LogP contribution in [0.25, 0.3) is 16.7 Å². The van der Waals surface area contributed by atoms with E-state index in [1.165, 1.54) is 11.8 Å². The van der Waals surface area contributed by atoms with Gasteiger partial charge in [0, 0.05) is 34.2 Å². The summed E-state index contributed by atoms with van der Waals surface area (Å²) in [4.78, 5) is 18.1. The molecule has 0 amide bonds. The molecule has 0 saturated carbocycles. The number of fused-ring (bicyclic) bond motifs is 1. The molecule has 2 aromatic heterocycles. The molecular formula is C28H24ClN3OS. The summed E-state index contributed by atoms with van der Waals surface area (Å²) in [6, 6.07) is 28.0. The van der Waals surface area contributed by atoms with Gasteiger partial charge in [-0.2, -0.15) is 0 Å². The van der Waals surface area contributed by atoms with E-state index in [9.17, 15) is 4.79 Å². The normalized spacial score (nSPS) is 11.3. The van der Waals surface area contributed by atoms with Crippen molar-refractivity contribution in [2.75, 3.05) is 5.75 Å². The SMILES string of the molecule is Cc1cc(C(=O)CSc2nc3ccccc3n2-c2ccccc2)c(C)n1Cc1ccccc1Cl. The molecule has 2 heterocycles. The van der Waals surface area contributed by atoms with E-state index < -0.39 is 0 Å². The first-order valence-corrected chi connectivity index (χ1v) is 12.5. The number of ketones is 1. The van der Waals surface area contributed by atoms with Crippen LogP contribution in [-0.4, -0.2) is 25.7 Å². The Morgan fingerprint density at radius 1 is 0.941 bits per heavy atom. The predicted molar refractivity (Wildman–Crippen MR) is 141 cm³/mol. The first-order valence-electron chi connectivity index (χ1n) is 11.1. The maximum absolute atomic E-state index is 13.3. The van der Waals surface area contributed by atoms with Crippen molar-refractivity contribution >= 4 is 40.2 Å². The van der Waals surface area contributed by atoms with Crippen LogP contribution in [0.2, 0.25) is 5.02 Å². The molecule has 0 spiro atoms. The van der Waals surface area contributed by atoms with Gasteiger partial charge in [0.15, 0.2) is 10.9 Å². The van der Waals surface area contributed by atoms with Crippen LogP contribution >= 0.6 is 23.4 Å². The number of carbonyl (C=O) groups is 1. The quantitative estimate of drug-likeness (QED) is 0.182. The lowest BCUT2D eigenvalue weighted by Crippen LogP contribution is -2.08. The summed E-state index contributed by atoms with van der Waals surface area (Å²) in [5.74, 6) is 0.405. The summed E-state index contributed by atoms with van der Waals surface area (Å²) < 4.78 is 4.27. The number of nitrogens with zero attached hydrogens (tertiary/aromatic N) is 3. The zero-order valence-corrected chi connectivity index (χ0v) is 20.6. The Labute approximate surface area is 208 Å². The van der Waals surface area contributed by atoms with Gasteiger partial charge in [-0.1, -0.05) is 71.9 Å². The second kappa shape index (κ2) is 9.53. The molecule has 0 unspecified atom stereocenters. The number of halogens is 1. The van der Waals surface area contributed by atoms with Crippen molar-refractivity contribution in [1.82, 2.24) is 14.1 Å². The molecule has 0 fully saturated rings. The number of aromatic nitrogens is 3. The van der Waals surface area contributed by atoms with Gasteiger partial charge < -0.3 is 4.57 Å². The minimum atomic E-state index is 0.0928. The average molecular weight is 486 g/mol. The van der Waals surface area contributed by atoms with Crippen molar-refractivity contribution in [2.24, 2.45) is 0 Å². The van der Waals surface area contributed by atoms with Gasteiger partial charge in [-0.05, 0) is 55.8 Å². The molecule has 6 heteroatoms. The monoisotopic (exact) mass is 485 g/mol. The third-order valence-electron chi connectivity index (χ3n) is 6.04. The van der Waals surface area contributed by atoms with Crippen LogP contribution in [0.3, 0.4) is 0 Å². The van der Waals surface area contributed by atoms with Crippen LogP contribution in [0.4, 0.5) is 0 Å². The average Bonchev–Trinajstić information content (AvgIpc) is 3.36. The van der Waals surface area contributed by atoms with Crippen molar-refractivity contribution in [3.8, 4) is 5.69 Å². The molecule has 5 rings (SSSR count). The van der Waals surface area contributed by atoms with Crippen molar-refractivity contribution in [3.63, 3.8) is 0 Å². The first kappa shape index (κ1) is 22.5. The Bertz CT molecular complexity index is 1490. The number of thioether (sulfide) groups is 1. The molecule has 4 nitrogen and oxygen atoms in total. The van der Waals surface area contributed by atoms with Gasteiger partial charge in [-0.25, -0.2) is 4.98 Å². The third-order valence-corrected chi connectivity index (χ3v) is 7.34. The highest BCUT2D eigenvalue weighted by Crippen LogP contribution is 2.29. The highest BCUT2D eigenvalue weighted by Gasteiger charge is 2.19. The van der Waals surface area contributed by atoms with E-state index in [1.807, 2.05) is 80.6 Å². The fraction of sp³-hybridized carbons (Fsp3) is 0.143. The molecule has 34 heavy (non-hydrogen) atoms. The van der Waals surface area contributed by atoms with Gasteiger partial charge in [-0.3, -0.25) is 9.36 Å². The first-order chi connectivity index (χ1) is 16.5. The number of hydrogen-bond acceptors (Lipinski definition) is 3. The molecule has 0 aliphatic carbocycles. The second-order valence-corrected chi connectivity index (χ2v) is 9.58. The van der Waals surface area contributed by atoms with E-state index in [0.717, 1.165) is 49.4 Å². The predicted octanol–water partition coefficient (Wildman–Crippen LogP) is 7.12. The highest BCUT2D eigenvalue weighted by molar-refractivity contribution is 7.99. The zero-order valence-electron chi connectivity index (χ0n) is 19.0. The van der Waals surface area contributed by atoms with Gasteiger partial charge in [0.25, 0.3) is 0 Å². The Morgan fingerprint density at radius 2 is 1.65 bits per heavy atom. The number of aryl methyl sites for hydroxylation is 1. The minimum absolute atomic E-state index is 0.0928. The summed E-state index contributed by atoms with van der Waals surface area (Å²) in [6.45, 7) is 4.67. The van der Waals surface area contributed by atoms with E-state index in [1.54, 1.807) is 0 Å². The number of imidazole rings is 1. The summed E-state index contributed by atoms with van der Waals surface area (Å²) in [7, 11) is 0. The van der Waals surface area contributed by atoms with E-state index in [4.69, 9.17) is 16.6 Å². The number of benzene rings is 3. The van der Waals surface area contributed by atoms with E-state index in [-0.39, 0.29) is 5.78 Å². The summed E-state index contributed by atoms with van der Waals surface area (Å²) in [6.07, 6.45) is 0. The number of para-hydroxylation sites is 3. The van der Waals surface area contributed by atoms with Crippen molar-refractivity contribution in [1.29, 1.82) is 0 Å². The Kier molecular flexibility index (Phi) is 6.31. The van der Waals surface area contributed by atoms with E-state index >= 15 is 0 Å². The molecule has 5 aromatic rings. The topological polar surface area (TPSA) is 39.8 Å². The lowest BCUT2D eigenvalue weighted by atomic mass is 10.2. The smallest absolute Gasteiger partial charge is 0.175 e. The number of carbonyl (C=O) groups excluding carboxylic acids is 1. The van der Waals surface area contributed by atoms with Crippen molar-refractivity contribution in [3.05, 3.63) is 112 Å². The van der Waals surface area contributed by atoms with Crippen LogP contribution in [0.1, 0.15) is 27.3 Å². The van der Waals surface area contributed by atoms with Gasteiger partial charge in [0.1, 0.15) is 0 Å². The Balaban J connectivity index is 1.41. The van der Waals surface area contributed by atoms with E-state index in [0.29, 0.717) is 12.3 Å². The van der Waals surface area contributed by atoms with Crippen LogP contribution in [0.15, 0.2) is 90.1 Å². The molecule has 0 radical (unpaired) electrons. The van der Waals surface area contributed by atoms with Crippen LogP contribution in [0.5, 0.6) is 0 Å². The molecule has 170 valence electrons. The second-order valence-electron chi connectivity index (χ2n) is 8.23. The fourth-order valence-electron chi connectivity index (χ4n) is 4.26. The Morgan fingerprint density at radius 3 is 2.44 bits per heavy atom. The molecule has 0 aliphatic heterocycles. The molecular weight excluding hydrogens is 462 g/mol. The summed E-state index contributed by atoms with van der Waals surface area (Å²) in [5, 5.41) is 1.55. The standard InChI is InChI=1S/C28H24ClN3OS/c1-19-16-23(20(2)31(19)17-21-10-6-7-13-24(21)29)27(33)18-34-28-30-25-14-8-9-15-26(25)32(28)22-11-4-3-5-12-22/h3-16H,17-18H2,1-2H3. The maximum atomic E-state index is 13.3. The third kappa shape index (κ3) is 4.29. The molecule has 0 aliphatic rings. The molecule has 0 bridgehead atoms. The number of hydrogen-bond donors (Lipinski definition) is 0. The van der Waals surface area contributed by atoms with E-state index in [2.05, 4.69) is 27.3 Å². The highest BCUT2D eigenvalue weighted by atomic mass is 35.5. The minimum Gasteiger partial charge on any atom is -0.344 e. The number of rotatable bonds is 7. The van der Waals surface area contributed by atoms with Gasteiger partial charge in [0.05, 0.1) is 16.8 Å². The molecule has 0 saturated heterocycles. The van der Waals surface area contributed by atoms with Gasteiger partial charge >= 0.3 is 0 Å². The van der Waals surface area contributed by atoms with Gasteiger partial charge in [0.2, 0.25) is 0 Å². The molecule has 3 aromatic carbocycles. The largest absolute Gasteiger partial charge is 0.344 e. The van der Waals surface area contributed by atoms with Crippen LogP contribution < -0.4 is 0 Å². The lowest BCUT2D eigenvalue weighted by Gasteiger charge is -2.11. The van der Waals surface area contributed by atoms with Gasteiger partial charge in [-0.15, -0.1) is 0 Å². The maximum Gasteiger partial charge on any atom is 0.175 e. The van der Waals surface area contributed by atoms with Crippen LogP contribution in [-0.2, 0) is 6.54 Å². The summed E-state index contributed by atoms with van der Waals surface area (Å²) in [5.41, 5.74) is 6.77. The molecule has 0 N–H and O–H groups in total. The van der Waals surface area contributed by atoms with Crippen molar-refractivity contribution in [2.45, 2.75) is 25.5 Å². The Hall–Kier alpha value is -3.28.